The van der Waals surface area contributed by atoms with Crippen LogP contribution >= 0.6 is 15.9 Å². The Morgan fingerprint density at radius 3 is 2.44 bits per heavy atom. The van der Waals surface area contributed by atoms with E-state index in [0.29, 0.717) is 30.2 Å². The number of halogens is 2. The van der Waals surface area contributed by atoms with E-state index < -0.39 is 0 Å². The first-order chi connectivity index (χ1) is 13.0. The van der Waals surface area contributed by atoms with Crippen molar-refractivity contribution in [2.24, 2.45) is 0 Å². The molecular formula is C20H22BrFN2O3. The quantitative estimate of drug-likeness (QED) is 0.685. The average Bonchev–Trinajstić information content (AvgIpc) is 3.46. The number of amides is 2. The van der Waals surface area contributed by atoms with Gasteiger partial charge in [0.15, 0.2) is 11.5 Å². The maximum Gasteiger partial charge on any atom is 0.315 e. The van der Waals surface area contributed by atoms with Gasteiger partial charge in [-0.2, -0.15) is 0 Å². The molecule has 0 heterocycles. The number of hydrogen-bond donors (Lipinski definition) is 2. The molecule has 3 rings (SSSR count). The van der Waals surface area contributed by atoms with E-state index in [-0.39, 0.29) is 17.3 Å². The van der Waals surface area contributed by atoms with E-state index >= 15 is 0 Å². The van der Waals surface area contributed by atoms with Gasteiger partial charge >= 0.3 is 6.03 Å². The summed E-state index contributed by atoms with van der Waals surface area (Å²) in [6.07, 6.45) is 1.74. The van der Waals surface area contributed by atoms with Gasteiger partial charge in [0.1, 0.15) is 5.82 Å². The third-order valence-corrected chi connectivity index (χ3v) is 5.62. The Labute approximate surface area is 166 Å². The first-order valence-corrected chi connectivity index (χ1v) is 9.45. The largest absolute Gasteiger partial charge is 0.493 e. The summed E-state index contributed by atoms with van der Waals surface area (Å²) in [6, 6.07) is 10.1. The lowest BCUT2D eigenvalue weighted by Crippen LogP contribution is -2.39. The van der Waals surface area contributed by atoms with E-state index in [4.69, 9.17) is 9.47 Å². The molecule has 0 aliphatic heterocycles. The molecule has 0 bridgehead atoms. The van der Waals surface area contributed by atoms with E-state index in [1.807, 2.05) is 12.1 Å². The minimum atomic E-state index is -0.292. The number of methoxy groups -OCH3 is 2. The van der Waals surface area contributed by atoms with Crippen molar-refractivity contribution in [2.75, 3.05) is 20.8 Å². The minimum absolute atomic E-state index is 0.216. The summed E-state index contributed by atoms with van der Waals surface area (Å²) < 4.78 is 25.4. The summed E-state index contributed by atoms with van der Waals surface area (Å²) in [7, 11) is 3.13. The molecule has 0 saturated heterocycles. The molecule has 0 radical (unpaired) electrons. The van der Waals surface area contributed by atoms with Gasteiger partial charge in [-0.25, -0.2) is 9.18 Å². The van der Waals surface area contributed by atoms with Gasteiger partial charge in [-0.1, -0.05) is 34.1 Å². The number of carbonyl (C=O) groups excluding carboxylic acids is 1. The van der Waals surface area contributed by atoms with E-state index in [1.54, 1.807) is 32.4 Å². The lowest BCUT2D eigenvalue weighted by molar-refractivity contribution is 0.239. The lowest BCUT2D eigenvalue weighted by atomic mass is 9.95. The number of benzene rings is 2. The molecule has 0 unspecified atom stereocenters. The van der Waals surface area contributed by atoms with Crippen LogP contribution in [0.5, 0.6) is 11.5 Å². The van der Waals surface area contributed by atoms with Crippen LogP contribution in [0.15, 0.2) is 40.9 Å². The Bertz CT molecular complexity index is 840. The molecule has 7 heteroatoms. The van der Waals surface area contributed by atoms with Crippen LogP contribution in [-0.2, 0) is 12.0 Å². The summed E-state index contributed by atoms with van der Waals surface area (Å²) in [5.41, 5.74) is 1.25. The highest BCUT2D eigenvalue weighted by molar-refractivity contribution is 9.10. The van der Waals surface area contributed by atoms with Gasteiger partial charge in [-0.15, -0.1) is 0 Å². The second kappa shape index (κ2) is 8.17. The third-order valence-electron chi connectivity index (χ3n) is 4.88. The van der Waals surface area contributed by atoms with Crippen molar-refractivity contribution in [3.8, 4) is 11.5 Å². The van der Waals surface area contributed by atoms with Crippen LogP contribution in [0.3, 0.4) is 0 Å². The molecule has 0 spiro atoms. The van der Waals surface area contributed by atoms with Crippen LogP contribution in [0.2, 0.25) is 0 Å². The summed E-state index contributed by atoms with van der Waals surface area (Å²) in [4.78, 5) is 12.2. The molecule has 1 fully saturated rings. The fourth-order valence-corrected chi connectivity index (χ4v) is 3.57. The Morgan fingerprint density at radius 1 is 1.15 bits per heavy atom. The Morgan fingerprint density at radius 2 is 1.81 bits per heavy atom. The zero-order valence-corrected chi connectivity index (χ0v) is 16.9. The minimum Gasteiger partial charge on any atom is -0.493 e. The summed E-state index contributed by atoms with van der Waals surface area (Å²) in [5, 5.41) is 5.69. The standard InChI is InChI=1S/C20H22BrFN2O3/c1-26-17-9-13(15(21)10-18(17)27-2)11-23-19(25)24-12-20(7-8-20)14-5-3-4-6-16(14)22/h3-6,9-10H,7-8,11-12H2,1-2H3,(H2,23,24,25). The highest BCUT2D eigenvalue weighted by Crippen LogP contribution is 2.48. The SMILES string of the molecule is COc1cc(Br)c(CNC(=O)NCC2(c3ccccc3F)CC2)cc1OC. The predicted octanol–water partition coefficient (Wildman–Crippen LogP) is 4.14. The first kappa shape index (κ1) is 19.5. The van der Waals surface area contributed by atoms with Crippen molar-refractivity contribution in [3.05, 3.63) is 57.8 Å². The van der Waals surface area contributed by atoms with Crippen molar-refractivity contribution in [1.29, 1.82) is 0 Å². The number of urea groups is 1. The van der Waals surface area contributed by atoms with Crippen LogP contribution in [-0.4, -0.2) is 26.8 Å². The molecule has 1 aliphatic rings. The molecule has 1 saturated carbocycles. The molecule has 27 heavy (non-hydrogen) atoms. The lowest BCUT2D eigenvalue weighted by Gasteiger charge is -2.18. The Kier molecular flexibility index (Phi) is 5.89. The predicted molar refractivity (Wildman–Crippen MR) is 105 cm³/mol. The number of hydrogen-bond acceptors (Lipinski definition) is 3. The van der Waals surface area contributed by atoms with Gasteiger partial charge in [-0.3, -0.25) is 0 Å². The van der Waals surface area contributed by atoms with Gasteiger partial charge in [0.25, 0.3) is 0 Å². The van der Waals surface area contributed by atoms with Crippen LogP contribution in [0.4, 0.5) is 9.18 Å². The molecule has 1 aliphatic carbocycles. The maximum atomic E-state index is 14.0. The monoisotopic (exact) mass is 436 g/mol. The highest BCUT2D eigenvalue weighted by Gasteiger charge is 2.45. The first-order valence-electron chi connectivity index (χ1n) is 8.66. The third kappa shape index (κ3) is 4.35. The summed E-state index contributed by atoms with van der Waals surface area (Å²) in [5.74, 6) is 0.985. The maximum absolute atomic E-state index is 14.0. The summed E-state index contributed by atoms with van der Waals surface area (Å²) in [6.45, 7) is 0.729. The fraction of sp³-hybridized carbons (Fsp3) is 0.350. The second-order valence-corrected chi connectivity index (χ2v) is 7.45. The molecular weight excluding hydrogens is 415 g/mol. The number of carbonyl (C=O) groups is 1. The molecule has 0 atom stereocenters. The number of nitrogens with one attached hydrogen (secondary N) is 2. The van der Waals surface area contributed by atoms with Gasteiger partial charge in [0.2, 0.25) is 0 Å². The molecule has 2 amide bonds. The van der Waals surface area contributed by atoms with Gasteiger partial charge < -0.3 is 20.1 Å². The topological polar surface area (TPSA) is 59.6 Å². The van der Waals surface area contributed by atoms with Crippen LogP contribution in [0.25, 0.3) is 0 Å². The normalized spacial score (nSPS) is 14.4. The number of rotatable bonds is 7. The van der Waals surface area contributed by atoms with E-state index in [1.165, 1.54) is 6.07 Å². The van der Waals surface area contributed by atoms with Crippen LogP contribution < -0.4 is 20.1 Å². The smallest absolute Gasteiger partial charge is 0.315 e. The van der Waals surface area contributed by atoms with Crippen molar-refractivity contribution in [1.82, 2.24) is 10.6 Å². The average molecular weight is 437 g/mol. The van der Waals surface area contributed by atoms with Crippen molar-refractivity contribution >= 4 is 22.0 Å². The van der Waals surface area contributed by atoms with E-state index in [0.717, 1.165) is 22.9 Å². The summed E-state index contributed by atoms with van der Waals surface area (Å²) >= 11 is 3.47. The molecule has 144 valence electrons. The van der Waals surface area contributed by atoms with Crippen molar-refractivity contribution in [3.63, 3.8) is 0 Å². The number of ether oxygens (including phenoxy) is 2. The van der Waals surface area contributed by atoms with Gasteiger partial charge in [0, 0.05) is 23.0 Å². The van der Waals surface area contributed by atoms with Gasteiger partial charge in [-0.05, 0) is 42.2 Å². The molecule has 2 aromatic carbocycles. The zero-order valence-electron chi connectivity index (χ0n) is 15.3. The molecule has 0 aromatic heterocycles. The molecule has 2 N–H and O–H groups in total. The van der Waals surface area contributed by atoms with Crippen LogP contribution in [0.1, 0.15) is 24.0 Å². The molecule has 2 aromatic rings. The van der Waals surface area contributed by atoms with E-state index in [9.17, 15) is 9.18 Å². The zero-order chi connectivity index (χ0) is 19.4. The Balaban J connectivity index is 1.57. The van der Waals surface area contributed by atoms with Crippen molar-refractivity contribution in [2.45, 2.75) is 24.8 Å². The molecule has 5 nitrogen and oxygen atoms in total. The van der Waals surface area contributed by atoms with Gasteiger partial charge in [0.05, 0.1) is 14.2 Å². The Hall–Kier alpha value is -2.28. The van der Waals surface area contributed by atoms with Crippen molar-refractivity contribution < 1.29 is 18.7 Å². The highest BCUT2D eigenvalue weighted by atomic mass is 79.9. The van der Waals surface area contributed by atoms with E-state index in [2.05, 4.69) is 26.6 Å². The van der Waals surface area contributed by atoms with Crippen LogP contribution in [0, 0.1) is 5.82 Å². The fourth-order valence-electron chi connectivity index (χ4n) is 3.10. The second-order valence-electron chi connectivity index (χ2n) is 6.60.